The van der Waals surface area contributed by atoms with E-state index in [4.69, 9.17) is 0 Å². The zero-order valence-electron chi connectivity index (χ0n) is 31.2. The molecule has 0 aliphatic heterocycles. The molecule has 1 spiro atoms. The van der Waals surface area contributed by atoms with Crippen LogP contribution in [-0.2, 0) is 10.8 Å². The summed E-state index contributed by atoms with van der Waals surface area (Å²) >= 11 is 0. The summed E-state index contributed by atoms with van der Waals surface area (Å²) in [7, 11) is 0. The van der Waals surface area contributed by atoms with Crippen molar-refractivity contribution < 1.29 is 0 Å². The van der Waals surface area contributed by atoms with Gasteiger partial charge in [0.2, 0.25) is 0 Å². The van der Waals surface area contributed by atoms with Crippen molar-refractivity contribution in [3.63, 3.8) is 0 Å². The van der Waals surface area contributed by atoms with Gasteiger partial charge in [-0.3, -0.25) is 0 Å². The summed E-state index contributed by atoms with van der Waals surface area (Å²) in [6.45, 7) is 4.80. The number of nitrogens with zero attached hydrogens (tertiary/aromatic N) is 1. The van der Waals surface area contributed by atoms with E-state index in [-0.39, 0.29) is 10.8 Å². The van der Waals surface area contributed by atoms with E-state index in [2.05, 4.69) is 170 Å². The van der Waals surface area contributed by atoms with Gasteiger partial charge in [-0.1, -0.05) is 135 Å². The Morgan fingerprint density at radius 1 is 0.426 bits per heavy atom. The predicted molar refractivity (Wildman–Crippen MR) is 225 cm³/mol. The van der Waals surface area contributed by atoms with E-state index in [9.17, 15) is 0 Å². The Balaban J connectivity index is 1.11. The first kappa shape index (κ1) is 31.0. The molecule has 6 aliphatic rings. The second kappa shape index (κ2) is 11.1. The molecule has 0 N–H and O–H groups in total. The first-order valence-electron chi connectivity index (χ1n) is 20.4. The van der Waals surface area contributed by atoms with Gasteiger partial charge in [-0.05, 0) is 147 Å². The molecule has 4 bridgehead atoms. The molecule has 7 aromatic rings. The summed E-state index contributed by atoms with van der Waals surface area (Å²) in [5.74, 6) is 3.29. The molecular formula is C53H45N. The summed E-state index contributed by atoms with van der Waals surface area (Å²) in [5.41, 5.74) is 18.0. The van der Waals surface area contributed by atoms with Crippen LogP contribution in [0.1, 0.15) is 68.2 Å². The summed E-state index contributed by atoms with van der Waals surface area (Å²) in [5, 5.41) is 2.56. The van der Waals surface area contributed by atoms with Crippen molar-refractivity contribution in [2.45, 2.75) is 56.8 Å². The van der Waals surface area contributed by atoms with E-state index in [1.54, 1.807) is 11.1 Å². The number of hydrogen-bond acceptors (Lipinski definition) is 1. The highest BCUT2D eigenvalue weighted by Gasteiger charge is 2.61. The van der Waals surface area contributed by atoms with Crippen LogP contribution in [0.3, 0.4) is 0 Å². The SMILES string of the molecule is CC1(C)c2ccccc2-c2ccc(N(c3ccc4c(c3)C3(c5ccccc5-4)C4CC5CC(C4)CC3C5)c3ccc(-c4ccccc4)c4ccccc34)cc21. The third kappa shape index (κ3) is 4.05. The summed E-state index contributed by atoms with van der Waals surface area (Å²) in [4.78, 5) is 2.60. The van der Waals surface area contributed by atoms with E-state index >= 15 is 0 Å². The predicted octanol–water partition coefficient (Wildman–Crippen LogP) is 14.0. The van der Waals surface area contributed by atoms with Gasteiger partial charge in [0.15, 0.2) is 0 Å². The largest absolute Gasteiger partial charge is 0.310 e. The van der Waals surface area contributed by atoms with Crippen molar-refractivity contribution in [1.29, 1.82) is 0 Å². The van der Waals surface area contributed by atoms with Crippen LogP contribution >= 0.6 is 0 Å². The number of hydrogen-bond donors (Lipinski definition) is 0. The molecule has 7 aromatic carbocycles. The summed E-state index contributed by atoms with van der Waals surface area (Å²) in [6.07, 6.45) is 7.03. The molecule has 262 valence electrons. The third-order valence-electron chi connectivity index (χ3n) is 14.8. The zero-order chi connectivity index (χ0) is 35.8. The van der Waals surface area contributed by atoms with Gasteiger partial charge in [0.05, 0.1) is 5.69 Å². The Bertz CT molecular complexity index is 2630. The minimum atomic E-state index is -0.0864. The maximum Gasteiger partial charge on any atom is 0.0540 e. The van der Waals surface area contributed by atoms with Gasteiger partial charge in [0.25, 0.3) is 0 Å². The fraction of sp³-hybridized carbons (Fsp3) is 0.245. The molecule has 0 amide bonds. The minimum Gasteiger partial charge on any atom is -0.310 e. The van der Waals surface area contributed by atoms with Crippen LogP contribution in [0.5, 0.6) is 0 Å². The number of rotatable bonds is 4. The van der Waals surface area contributed by atoms with Crippen LogP contribution in [0.25, 0.3) is 44.2 Å². The lowest BCUT2D eigenvalue weighted by molar-refractivity contribution is -0.0399. The van der Waals surface area contributed by atoms with Crippen LogP contribution < -0.4 is 4.90 Å². The molecule has 0 radical (unpaired) electrons. The Hall–Kier alpha value is -5.40. The average molecular weight is 696 g/mol. The molecule has 0 aromatic heterocycles. The van der Waals surface area contributed by atoms with E-state index in [0.717, 1.165) is 23.7 Å². The lowest BCUT2D eigenvalue weighted by atomic mass is 9.43. The van der Waals surface area contributed by atoms with E-state index in [1.165, 1.54) is 104 Å². The van der Waals surface area contributed by atoms with Gasteiger partial charge in [-0.15, -0.1) is 0 Å². The Labute approximate surface area is 319 Å². The quantitative estimate of drug-likeness (QED) is 0.177. The van der Waals surface area contributed by atoms with Gasteiger partial charge >= 0.3 is 0 Å². The lowest BCUT2D eigenvalue weighted by Gasteiger charge is -2.61. The van der Waals surface area contributed by atoms with Crippen LogP contribution in [0.15, 0.2) is 152 Å². The normalized spacial score (nSPS) is 24.7. The molecule has 1 nitrogen and oxygen atoms in total. The van der Waals surface area contributed by atoms with Gasteiger partial charge in [-0.2, -0.15) is 0 Å². The molecule has 6 aliphatic carbocycles. The molecule has 4 fully saturated rings. The van der Waals surface area contributed by atoms with E-state index in [1.807, 2.05) is 0 Å². The Morgan fingerprint density at radius 2 is 0.944 bits per heavy atom. The number of benzene rings is 7. The van der Waals surface area contributed by atoms with Crippen LogP contribution in [0.4, 0.5) is 17.1 Å². The maximum absolute atomic E-state index is 2.66. The van der Waals surface area contributed by atoms with Gasteiger partial charge in [0.1, 0.15) is 0 Å². The molecule has 0 unspecified atom stereocenters. The highest BCUT2D eigenvalue weighted by atomic mass is 15.1. The molecule has 13 rings (SSSR count). The first-order valence-corrected chi connectivity index (χ1v) is 20.4. The van der Waals surface area contributed by atoms with Gasteiger partial charge < -0.3 is 4.90 Å². The van der Waals surface area contributed by atoms with E-state index in [0.29, 0.717) is 0 Å². The topological polar surface area (TPSA) is 3.24 Å². The van der Waals surface area contributed by atoms with Gasteiger partial charge in [-0.25, -0.2) is 0 Å². The number of anilines is 3. The molecular weight excluding hydrogens is 651 g/mol. The Kier molecular flexibility index (Phi) is 6.36. The van der Waals surface area contributed by atoms with Crippen LogP contribution in [-0.4, -0.2) is 0 Å². The average Bonchev–Trinajstić information content (AvgIpc) is 3.62. The second-order valence-corrected chi connectivity index (χ2v) is 17.7. The number of fused-ring (bicyclic) bond motifs is 7. The monoisotopic (exact) mass is 695 g/mol. The third-order valence-corrected chi connectivity index (χ3v) is 14.8. The van der Waals surface area contributed by atoms with Crippen LogP contribution in [0.2, 0.25) is 0 Å². The highest BCUT2D eigenvalue weighted by Crippen LogP contribution is 2.69. The molecule has 0 saturated heterocycles. The first-order chi connectivity index (χ1) is 26.5. The zero-order valence-corrected chi connectivity index (χ0v) is 31.2. The smallest absolute Gasteiger partial charge is 0.0540 e. The molecule has 4 saturated carbocycles. The second-order valence-electron chi connectivity index (χ2n) is 17.7. The van der Waals surface area contributed by atoms with Crippen molar-refractivity contribution in [1.82, 2.24) is 0 Å². The Morgan fingerprint density at radius 3 is 1.65 bits per heavy atom. The molecule has 54 heavy (non-hydrogen) atoms. The maximum atomic E-state index is 2.66. The van der Waals surface area contributed by atoms with Gasteiger partial charge in [0, 0.05) is 27.6 Å². The fourth-order valence-electron chi connectivity index (χ4n) is 12.9. The van der Waals surface area contributed by atoms with Crippen molar-refractivity contribution >= 4 is 27.8 Å². The van der Waals surface area contributed by atoms with Crippen molar-refractivity contribution in [3.8, 4) is 33.4 Å². The fourth-order valence-corrected chi connectivity index (χ4v) is 12.9. The standard InChI is InChI=1S/C53H45N/c1-52(2)47-18-10-8-15-42(47)44-22-20-38(31-49(44)52)54(51-25-24-40(35-12-4-3-5-13-35)41-14-6-7-17-46(41)51)39-21-23-45-43-16-9-11-19-48(43)53(50(45)32-39)36-27-33-26-34(29-36)30-37(53)28-33/h3-25,31-34,36-37H,26-30H2,1-2H3. The molecule has 1 heteroatoms. The minimum absolute atomic E-state index is 0.0864. The molecule has 0 heterocycles. The van der Waals surface area contributed by atoms with Crippen molar-refractivity contribution in [3.05, 3.63) is 174 Å². The van der Waals surface area contributed by atoms with E-state index < -0.39 is 0 Å². The summed E-state index contributed by atoms with van der Waals surface area (Å²) in [6, 6.07) is 58.1. The lowest BCUT2D eigenvalue weighted by Crippen LogP contribution is -2.55. The van der Waals surface area contributed by atoms with Crippen molar-refractivity contribution in [2.75, 3.05) is 4.90 Å². The van der Waals surface area contributed by atoms with Crippen LogP contribution in [0, 0.1) is 23.7 Å². The van der Waals surface area contributed by atoms with Crippen molar-refractivity contribution in [2.24, 2.45) is 23.7 Å². The highest BCUT2D eigenvalue weighted by molar-refractivity contribution is 6.06. The molecule has 0 atom stereocenters. The summed E-state index contributed by atoms with van der Waals surface area (Å²) < 4.78 is 0.